The zero-order chi connectivity index (χ0) is 13.1. The molecule has 3 rings (SSSR count). The summed E-state index contributed by atoms with van der Waals surface area (Å²) in [7, 11) is 0. The second-order valence-corrected chi connectivity index (χ2v) is 4.76. The number of hydrogen-bond donors (Lipinski definition) is 1. The zero-order valence-electron chi connectivity index (χ0n) is 10.6. The highest BCUT2D eigenvalue weighted by molar-refractivity contribution is 5.40. The van der Waals surface area contributed by atoms with Gasteiger partial charge in [0.1, 0.15) is 17.6 Å². The molecule has 1 unspecified atom stereocenters. The lowest BCUT2D eigenvalue weighted by molar-refractivity contribution is -0.284. The maximum absolute atomic E-state index is 8.91. The number of fused-ring (bicyclic) bond motifs is 1. The van der Waals surface area contributed by atoms with E-state index in [1.807, 2.05) is 48.5 Å². The SMILES string of the molecule is OOC1CCCc2cc(Oc3ccccc3)ccc21. The quantitative estimate of drug-likeness (QED) is 0.655. The van der Waals surface area contributed by atoms with Gasteiger partial charge in [-0.25, -0.2) is 4.89 Å². The molecule has 1 atom stereocenters. The van der Waals surface area contributed by atoms with Crippen LogP contribution in [0.1, 0.15) is 30.1 Å². The predicted octanol–water partition coefficient (Wildman–Crippen LogP) is 4.35. The number of hydrogen-bond acceptors (Lipinski definition) is 3. The monoisotopic (exact) mass is 256 g/mol. The topological polar surface area (TPSA) is 38.7 Å². The number of benzene rings is 2. The largest absolute Gasteiger partial charge is 0.457 e. The van der Waals surface area contributed by atoms with Crippen molar-refractivity contribution in [3.63, 3.8) is 0 Å². The van der Waals surface area contributed by atoms with Gasteiger partial charge in [-0.15, -0.1) is 0 Å². The van der Waals surface area contributed by atoms with E-state index in [4.69, 9.17) is 9.99 Å². The Kier molecular flexibility index (Phi) is 3.49. The lowest BCUT2D eigenvalue weighted by Gasteiger charge is -2.23. The summed E-state index contributed by atoms with van der Waals surface area (Å²) in [5.41, 5.74) is 2.26. The molecular formula is C16H16O3. The predicted molar refractivity (Wildman–Crippen MR) is 72.4 cm³/mol. The average Bonchev–Trinajstić information content (AvgIpc) is 2.47. The molecule has 1 aliphatic carbocycles. The lowest BCUT2D eigenvalue weighted by Crippen LogP contribution is -2.11. The minimum absolute atomic E-state index is 0.200. The summed E-state index contributed by atoms with van der Waals surface area (Å²) in [6.07, 6.45) is 2.69. The second kappa shape index (κ2) is 5.43. The first kappa shape index (κ1) is 12.2. The van der Waals surface area contributed by atoms with Crippen LogP contribution in [0.2, 0.25) is 0 Å². The Labute approximate surface area is 112 Å². The fourth-order valence-corrected chi connectivity index (χ4v) is 2.54. The van der Waals surface area contributed by atoms with Crippen LogP contribution < -0.4 is 4.74 Å². The van der Waals surface area contributed by atoms with Crippen molar-refractivity contribution >= 4 is 0 Å². The van der Waals surface area contributed by atoms with Gasteiger partial charge in [-0.05, 0) is 54.7 Å². The van der Waals surface area contributed by atoms with Gasteiger partial charge in [0.05, 0.1) is 0 Å². The Balaban J connectivity index is 1.85. The second-order valence-electron chi connectivity index (χ2n) is 4.76. The third-order valence-electron chi connectivity index (χ3n) is 3.48. The summed E-state index contributed by atoms with van der Waals surface area (Å²) < 4.78 is 5.81. The molecule has 0 bridgehead atoms. The first-order valence-corrected chi connectivity index (χ1v) is 6.53. The van der Waals surface area contributed by atoms with Crippen molar-refractivity contribution in [1.29, 1.82) is 0 Å². The van der Waals surface area contributed by atoms with Crippen LogP contribution in [0.3, 0.4) is 0 Å². The third kappa shape index (κ3) is 2.62. The van der Waals surface area contributed by atoms with Crippen LogP contribution in [-0.2, 0) is 11.3 Å². The van der Waals surface area contributed by atoms with Gasteiger partial charge >= 0.3 is 0 Å². The molecule has 1 aliphatic rings. The Hall–Kier alpha value is -1.84. The van der Waals surface area contributed by atoms with Crippen molar-refractivity contribution in [2.45, 2.75) is 25.4 Å². The smallest absolute Gasteiger partial charge is 0.127 e. The Morgan fingerprint density at radius 3 is 2.63 bits per heavy atom. The normalized spacial score (nSPS) is 17.8. The molecule has 98 valence electrons. The van der Waals surface area contributed by atoms with Crippen molar-refractivity contribution < 1.29 is 14.9 Å². The van der Waals surface area contributed by atoms with Crippen LogP contribution >= 0.6 is 0 Å². The van der Waals surface area contributed by atoms with Crippen LogP contribution in [0.15, 0.2) is 48.5 Å². The van der Waals surface area contributed by atoms with Gasteiger partial charge in [0, 0.05) is 0 Å². The Morgan fingerprint density at radius 2 is 1.84 bits per heavy atom. The number of ether oxygens (including phenoxy) is 1. The van der Waals surface area contributed by atoms with Crippen molar-refractivity contribution in [3.8, 4) is 11.5 Å². The summed E-state index contributed by atoms with van der Waals surface area (Å²) in [5.74, 6) is 1.65. The summed E-state index contributed by atoms with van der Waals surface area (Å²) >= 11 is 0. The van der Waals surface area contributed by atoms with E-state index in [0.717, 1.165) is 36.3 Å². The summed E-state index contributed by atoms with van der Waals surface area (Å²) in [5, 5.41) is 8.91. The number of aryl methyl sites for hydroxylation is 1. The maximum atomic E-state index is 8.91. The summed E-state index contributed by atoms with van der Waals surface area (Å²) in [6, 6.07) is 15.7. The number of rotatable bonds is 3. The summed E-state index contributed by atoms with van der Waals surface area (Å²) in [4.78, 5) is 4.53. The standard InChI is InChI=1S/C16H16O3/c17-19-16-8-4-5-12-11-14(9-10-15(12)16)18-13-6-2-1-3-7-13/h1-3,6-7,9-11,16-17H,4-5,8H2. The molecule has 3 heteroatoms. The van der Waals surface area contributed by atoms with E-state index in [-0.39, 0.29) is 6.10 Å². The van der Waals surface area contributed by atoms with E-state index in [1.54, 1.807) is 0 Å². The molecule has 0 spiro atoms. The van der Waals surface area contributed by atoms with Crippen molar-refractivity contribution in [2.75, 3.05) is 0 Å². The van der Waals surface area contributed by atoms with Crippen LogP contribution in [0, 0.1) is 0 Å². The van der Waals surface area contributed by atoms with Gasteiger partial charge in [0.15, 0.2) is 0 Å². The molecule has 3 nitrogen and oxygen atoms in total. The van der Waals surface area contributed by atoms with Crippen LogP contribution in [0.25, 0.3) is 0 Å². The minimum atomic E-state index is -0.200. The molecule has 0 aromatic heterocycles. The first-order chi connectivity index (χ1) is 9.36. The third-order valence-corrected chi connectivity index (χ3v) is 3.48. The lowest BCUT2D eigenvalue weighted by atomic mass is 9.89. The van der Waals surface area contributed by atoms with Gasteiger partial charge in [-0.2, -0.15) is 0 Å². The average molecular weight is 256 g/mol. The van der Waals surface area contributed by atoms with Crippen molar-refractivity contribution in [1.82, 2.24) is 0 Å². The molecular weight excluding hydrogens is 240 g/mol. The molecule has 2 aromatic carbocycles. The van der Waals surface area contributed by atoms with Crippen LogP contribution in [-0.4, -0.2) is 5.26 Å². The van der Waals surface area contributed by atoms with Crippen LogP contribution in [0.4, 0.5) is 0 Å². The van der Waals surface area contributed by atoms with Crippen molar-refractivity contribution in [3.05, 3.63) is 59.7 Å². The molecule has 0 heterocycles. The van der Waals surface area contributed by atoms with Gasteiger partial charge in [0.2, 0.25) is 0 Å². The highest BCUT2D eigenvalue weighted by Gasteiger charge is 2.21. The molecule has 0 fully saturated rings. The molecule has 19 heavy (non-hydrogen) atoms. The molecule has 0 amide bonds. The van der Waals surface area contributed by atoms with Gasteiger partial charge in [-0.3, -0.25) is 5.26 Å². The Morgan fingerprint density at radius 1 is 1.00 bits per heavy atom. The highest BCUT2D eigenvalue weighted by atomic mass is 17.1. The van der Waals surface area contributed by atoms with E-state index in [1.165, 1.54) is 5.56 Å². The Bertz CT molecular complexity index is 551. The molecule has 1 N–H and O–H groups in total. The first-order valence-electron chi connectivity index (χ1n) is 6.53. The van der Waals surface area contributed by atoms with Crippen molar-refractivity contribution in [2.24, 2.45) is 0 Å². The zero-order valence-corrected chi connectivity index (χ0v) is 10.6. The fraction of sp³-hybridized carbons (Fsp3) is 0.250. The highest BCUT2D eigenvalue weighted by Crippen LogP contribution is 2.34. The molecule has 0 aliphatic heterocycles. The van der Waals surface area contributed by atoms with E-state index in [9.17, 15) is 0 Å². The van der Waals surface area contributed by atoms with E-state index < -0.39 is 0 Å². The minimum Gasteiger partial charge on any atom is -0.457 e. The maximum Gasteiger partial charge on any atom is 0.127 e. The fourth-order valence-electron chi connectivity index (χ4n) is 2.54. The molecule has 0 saturated carbocycles. The van der Waals surface area contributed by atoms with Gasteiger partial charge < -0.3 is 4.74 Å². The summed E-state index contributed by atoms with van der Waals surface area (Å²) in [6.45, 7) is 0. The van der Waals surface area contributed by atoms with Crippen LogP contribution in [0.5, 0.6) is 11.5 Å². The van der Waals surface area contributed by atoms with E-state index in [2.05, 4.69) is 4.89 Å². The van der Waals surface area contributed by atoms with E-state index in [0.29, 0.717) is 0 Å². The molecule has 0 radical (unpaired) electrons. The van der Waals surface area contributed by atoms with Gasteiger partial charge in [-0.1, -0.05) is 24.3 Å². The number of para-hydroxylation sites is 1. The molecule has 0 saturated heterocycles. The molecule has 2 aromatic rings. The van der Waals surface area contributed by atoms with Gasteiger partial charge in [0.25, 0.3) is 0 Å². The van der Waals surface area contributed by atoms with E-state index >= 15 is 0 Å².